The van der Waals surface area contributed by atoms with Crippen molar-refractivity contribution in [1.29, 1.82) is 0 Å². The van der Waals surface area contributed by atoms with E-state index in [-0.39, 0.29) is 22.9 Å². The molecule has 0 radical (unpaired) electrons. The van der Waals surface area contributed by atoms with E-state index in [4.69, 9.17) is 0 Å². The van der Waals surface area contributed by atoms with E-state index in [0.717, 1.165) is 5.75 Å². The molecule has 1 atom stereocenters. The Balaban J connectivity index is 2.27. The van der Waals surface area contributed by atoms with Gasteiger partial charge in [-0.1, -0.05) is 32.9 Å². The Morgan fingerprint density at radius 3 is 2.47 bits per heavy atom. The quantitative estimate of drug-likeness (QED) is 0.616. The number of hydrogen-bond acceptors (Lipinski definition) is 6. The summed E-state index contributed by atoms with van der Waals surface area (Å²) < 4.78 is 4.57. The number of anilines is 1. The topological polar surface area (TPSA) is 113 Å². The summed E-state index contributed by atoms with van der Waals surface area (Å²) in [5.41, 5.74) is 2.05. The molecule has 0 unspecified atom stereocenters. The van der Waals surface area contributed by atoms with Crippen molar-refractivity contribution < 1.29 is 14.3 Å². The van der Waals surface area contributed by atoms with E-state index < -0.39 is 6.09 Å². The van der Waals surface area contributed by atoms with Crippen molar-refractivity contribution in [3.05, 3.63) is 46.4 Å². The summed E-state index contributed by atoms with van der Waals surface area (Å²) >= 11 is 1.72. The van der Waals surface area contributed by atoms with E-state index in [0.29, 0.717) is 28.3 Å². The molecule has 0 aliphatic heterocycles. The highest BCUT2D eigenvalue weighted by molar-refractivity contribution is 7.99. The third kappa shape index (κ3) is 7.22. The Hall–Kier alpha value is -2.81. The van der Waals surface area contributed by atoms with Gasteiger partial charge in [-0.3, -0.25) is 14.9 Å². The van der Waals surface area contributed by atoms with Crippen molar-refractivity contribution in [2.24, 2.45) is 5.41 Å². The molecule has 0 saturated carbocycles. The van der Waals surface area contributed by atoms with Gasteiger partial charge in [0.1, 0.15) is 0 Å². The van der Waals surface area contributed by atoms with Gasteiger partial charge in [0.2, 0.25) is 5.91 Å². The van der Waals surface area contributed by atoms with Crippen LogP contribution in [-0.4, -0.2) is 40.8 Å². The maximum absolute atomic E-state index is 12.4. The Morgan fingerprint density at radius 1 is 1.23 bits per heavy atom. The molecular weight excluding hydrogens is 404 g/mol. The fraction of sp³-hybridized carbons (Fsp3) is 0.429. The Bertz CT molecular complexity index is 935. The van der Waals surface area contributed by atoms with Gasteiger partial charge in [0.25, 0.3) is 5.56 Å². The van der Waals surface area contributed by atoms with Crippen molar-refractivity contribution >= 4 is 29.4 Å². The summed E-state index contributed by atoms with van der Waals surface area (Å²) in [5.74, 6) is 1.40. The normalized spacial score (nSPS) is 12.2. The average Bonchev–Trinajstić information content (AvgIpc) is 2.67. The minimum absolute atomic E-state index is 0.162. The lowest BCUT2D eigenvalue weighted by atomic mass is 10.0. The van der Waals surface area contributed by atoms with Crippen molar-refractivity contribution in [1.82, 2.24) is 15.5 Å². The van der Waals surface area contributed by atoms with E-state index >= 15 is 0 Å². The summed E-state index contributed by atoms with van der Waals surface area (Å²) in [6, 6.07) is 8.17. The van der Waals surface area contributed by atoms with Gasteiger partial charge in [-0.15, -0.1) is 0 Å². The van der Waals surface area contributed by atoms with Gasteiger partial charge in [0, 0.05) is 18.4 Å². The smallest absolute Gasteiger partial charge is 0.411 e. The number of thioether (sulfide) groups is 1. The van der Waals surface area contributed by atoms with Gasteiger partial charge in [0.05, 0.1) is 24.4 Å². The minimum atomic E-state index is -0.572. The number of hydrogen-bond donors (Lipinski definition) is 3. The van der Waals surface area contributed by atoms with Crippen LogP contribution in [0.3, 0.4) is 0 Å². The predicted octanol–water partition coefficient (Wildman–Crippen LogP) is 3.57. The highest BCUT2D eigenvalue weighted by atomic mass is 32.2. The number of methoxy groups -OCH3 is 1. The van der Waals surface area contributed by atoms with Crippen LogP contribution in [0.25, 0.3) is 11.1 Å². The first-order chi connectivity index (χ1) is 14.1. The lowest BCUT2D eigenvalue weighted by Gasteiger charge is -2.21. The van der Waals surface area contributed by atoms with E-state index in [1.165, 1.54) is 14.0 Å². The molecule has 3 N–H and O–H groups in total. The number of carbonyl (C=O) groups excluding carboxylic acids is 2. The molecule has 2 aromatic rings. The molecule has 1 aromatic heterocycles. The number of ether oxygens (including phenoxy) is 1. The number of aromatic amines is 1. The van der Waals surface area contributed by atoms with Crippen LogP contribution in [0.1, 0.15) is 39.4 Å². The number of amides is 2. The van der Waals surface area contributed by atoms with E-state index in [1.54, 1.807) is 42.1 Å². The monoisotopic (exact) mass is 432 g/mol. The molecule has 2 rings (SSSR count). The lowest BCUT2D eigenvalue weighted by Crippen LogP contribution is -2.30. The van der Waals surface area contributed by atoms with Gasteiger partial charge in [-0.2, -0.15) is 16.9 Å². The SMILES string of the molecule is COC(=O)Nc1ccc(-c2cc([C@H](CSCC(C)(C)C)NC(C)=O)n[nH]c2=O)cc1. The molecular formula is C21H28N4O4S. The molecule has 1 aromatic carbocycles. The van der Waals surface area contributed by atoms with Crippen LogP contribution in [0.5, 0.6) is 0 Å². The Kier molecular flexibility index (Phi) is 8.05. The first kappa shape index (κ1) is 23.5. The maximum atomic E-state index is 12.4. The molecule has 30 heavy (non-hydrogen) atoms. The van der Waals surface area contributed by atoms with Gasteiger partial charge in [-0.25, -0.2) is 9.89 Å². The highest BCUT2D eigenvalue weighted by Crippen LogP contribution is 2.26. The van der Waals surface area contributed by atoms with E-state index in [2.05, 4.69) is 46.3 Å². The molecule has 1 heterocycles. The molecule has 0 saturated heterocycles. The highest BCUT2D eigenvalue weighted by Gasteiger charge is 2.19. The summed E-state index contributed by atoms with van der Waals surface area (Å²) in [7, 11) is 1.28. The van der Waals surface area contributed by atoms with Gasteiger partial charge >= 0.3 is 6.09 Å². The lowest BCUT2D eigenvalue weighted by molar-refractivity contribution is -0.119. The molecule has 8 nitrogen and oxygen atoms in total. The fourth-order valence-corrected chi connectivity index (χ4v) is 3.87. The standard InChI is InChI=1S/C21H28N4O4S/c1-13(26)22-18(11-30-12-21(2,3)4)17-10-16(19(27)25-24-17)14-6-8-15(9-7-14)23-20(28)29-5/h6-10,18H,11-12H2,1-5H3,(H,22,26)(H,23,28)(H,25,27)/t18-/m0/s1. The average molecular weight is 433 g/mol. The van der Waals surface area contributed by atoms with Crippen LogP contribution in [0, 0.1) is 5.41 Å². The van der Waals surface area contributed by atoms with Crippen LogP contribution < -0.4 is 16.2 Å². The van der Waals surface area contributed by atoms with E-state index in [1.807, 2.05) is 0 Å². The van der Waals surface area contributed by atoms with Crippen molar-refractivity contribution in [2.75, 3.05) is 23.9 Å². The summed E-state index contributed by atoms with van der Waals surface area (Å²) in [6.07, 6.45) is -0.572. The fourth-order valence-electron chi connectivity index (χ4n) is 2.65. The third-order valence-corrected chi connectivity index (χ3v) is 5.64. The largest absolute Gasteiger partial charge is 0.453 e. The summed E-state index contributed by atoms with van der Waals surface area (Å²) in [6.45, 7) is 7.93. The maximum Gasteiger partial charge on any atom is 0.411 e. The number of H-pyrrole nitrogens is 1. The minimum Gasteiger partial charge on any atom is -0.453 e. The zero-order valence-electron chi connectivity index (χ0n) is 17.9. The zero-order valence-corrected chi connectivity index (χ0v) is 18.7. The molecule has 9 heteroatoms. The molecule has 162 valence electrons. The summed E-state index contributed by atoms with van der Waals surface area (Å²) in [4.78, 5) is 35.4. The number of carbonyl (C=O) groups is 2. The molecule has 0 spiro atoms. The van der Waals surface area contributed by atoms with Crippen molar-refractivity contribution in [3.8, 4) is 11.1 Å². The number of aromatic nitrogens is 2. The van der Waals surface area contributed by atoms with Gasteiger partial charge < -0.3 is 10.1 Å². The first-order valence-corrected chi connectivity index (χ1v) is 10.6. The third-order valence-electron chi connectivity index (χ3n) is 4.01. The molecule has 0 aliphatic rings. The predicted molar refractivity (Wildman–Crippen MR) is 120 cm³/mol. The van der Waals surface area contributed by atoms with Crippen LogP contribution in [-0.2, 0) is 9.53 Å². The molecule has 2 amide bonds. The number of nitrogens with zero attached hydrogens (tertiary/aromatic N) is 1. The molecule has 0 aliphatic carbocycles. The molecule has 0 bridgehead atoms. The first-order valence-electron chi connectivity index (χ1n) is 9.49. The van der Waals surface area contributed by atoms with Crippen LogP contribution >= 0.6 is 11.8 Å². The summed E-state index contributed by atoms with van der Waals surface area (Å²) in [5, 5.41) is 12.2. The number of rotatable bonds is 7. The number of benzene rings is 1. The van der Waals surface area contributed by atoms with Crippen molar-refractivity contribution in [2.45, 2.75) is 33.7 Å². The van der Waals surface area contributed by atoms with Crippen LogP contribution in [0.2, 0.25) is 0 Å². The second-order valence-electron chi connectivity index (χ2n) is 8.06. The van der Waals surface area contributed by atoms with Gasteiger partial charge in [0.15, 0.2) is 0 Å². The van der Waals surface area contributed by atoms with Gasteiger partial charge in [-0.05, 0) is 34.9 Å². The Morgan fingerprint density at radius 2 is 1.90 bits per heavy atom. The number of nitrogens with one attached hydrogen (secondary N) is 3. The van der Waals surface area contributed by atoms with Crippen LogP contribution in [0.15, 0.2) is 35.1 Å². The zero-order chi connectivity index (χ0) is 22.3. The van der Waals surface area contributed by atoms with Crippen LogP contribution in [0.4, 0.5) is 10.5 Å². The van der Waals surface area contributed by atoms with Crippen molar-refractivity contribution in [3.63, 3.8) is 0 Å². The second kappa shape index (κ2) is 10.3. The second-order valence-corrected chi connectivity index (χ2v) is 9.09. The molecule has 0 fully saturated rings. The van der Waals surface area contributed by atoms with E-state index in [9.17, 15) is 14.4 Å². The Labute approximate surface area is 180 Å².